The zero-order valence-electron chi connectivity index (χ0n) is 22.2. The molecule has 1 N–H and O–H groups in total. The monoisotopic (exact) mass is 518 g/mol. The summed E-state index contributed by atoms with van der Waals surface area (Å²) in [6, 6.07) is 23.6. The molecule has 3 fully saturated rings. The molecular formula is C34H34N2O3. The summed E-state index contributed by atoms with van der Waals surface area (Å²) in [6.45, 7) is 3.16. The van der Waals surface area contributed by atoms with Crippen LogP contribution in [-0.2, 0) is 26.2 Å². The van der Waals surface area contributed by atoms with Gasteiger partial charge in [-0.2, -0.15) is 0 Å². The van der Waals surface area contributed by atoms with E-state index >= 15 is 0 Å². The van der Waals surface area contributed by atoms with E-state index in [1.165, 1.54) is 33.4 Å². The summed E-state index contributed by atoms with van der Waals surface area (Å²) in [5, 5.41) is 3.21. The summed E-state index contributed by atoms with van der Waals surface area (Å²) in [7, 11) is 0. The lowest BCUT2D eigenvalue weighted by Crippen LogP contribution is -2.45. The van der Waals surface area contributed by atoms with Crippen LogP contribution in [0.25, 0.3) is 11.1 Å². The van der Waals surface area contributed by atoms with Gasteiger partial charge in [-0.25, -0.2) is 0 Å². The van der Waals surface area contributed by atoms with Crippen LogP contribution < -0.4 is 5.32 Å². The van der Waals surface area contributed by atoms with E-state index in [9.17, 15) is 9.59 Å². The molecule has 3 aromatic carbocycles. The molecule has 3 aromatic rings. The number of likely N-dealkylation sites (tertiary alicyclic amines) is 1. The van der Waals surface area contributed by atoms with Crippen molar-refractivity contribution in [2.75, 3.05) is 31.6 Å². The molecular weight excluding hydrogens is 484 g/mol. The normalized spacial score (nSPS) is 27.0. The third-order valence-electron chi connectivity index (χ3n) is 10.4. The van der Waals surface area contributed by atoms with Gasteiger partial charge in [-0.05, 0) is 94.4 Å². The predicted octanol–water partition coefficient (Wildman–Crippen LogP) is 5.53. The molecule has 5 nitrogen and oxygen atoms in total. The lowest BCUT2D eigenvalue weighted by Gasteiger charge is -2.40. The Morgan fingerprint density at radius 1 is 0.897 bits per heavy atom. The minimum absolute atomic E-state index is 0.0696. The average Bonchev–Trinajstić information content (AvgIpc) is 3.25. The van der Waals surface area contributed by atoms with Gasteiger partial charge in [0.25, 0.3) is 0 Å². The smallest absolute Gasteiger partial charge is 0.226 e. The van der Waals surface area contributed by atoms with Crippen LogP contribution in [0.5, 0.6) is 0 Å². The number of ether oxygens (including phenoxy) is 1. The van der Waals surface area contributed by atoms with Crippen molar-refractivity contribution in [3.63, 3.8) is 0 Å². The molecule has 2 aliphatic heterocycles. The maximum atomic E-state index is 13.3. The van der Waals surface area contributed by atoms with Crippen molar-refractivity contribution in [2.45, 2.75) is 43.4 Å². The average molecular weight is 519 g/mol. The molecule has 2 amide bonds. The van der Waals surface area contributed by atoms with Crippen LogP contribution in [0.3, 0.4) is 0 Å². The molecule has 39 heavy (non-hydrogen) atoms. The number of carbonyl (C=O) groups excluding carboxylic acids is 2. The third-order valence-corrected chi connectivity index (χ3v) is 10.4. The lowest BCUT2D eigenvalue weighted by molar-refractivity contribution is -0.135. The second-order valence-corrected chi connectivity index (χ2v) is 12.4. The number of benzene rings is 3. The summed E-state index contributed by atoms with van der Waals surface area (Å²) in [6.07, 6.45) is 4.37. The van der Waals surface area contributed by atoms with Gasteiger partial charge < -0.3 is 15.0 Å². The van der Waals surface area contributed by atoms with Crippen molar-refractivity contribution in [2.24, 2.45) is 17.8 Å². The molecule has 8 rings (SSSR count). The van der Waals surface area contributed by atoms with Gasteiger partial charge in [-0.15, -0.1) is 0 Å². The molecule has 198 valence electrons. The van der Waals surface area contributed by atoms with Crippen LogP contribution in [0.4, 0.5) is 5.69 Å². The SMILES string of the molecule is O=C(CC1CC2(CCN(C(=O)C3[C@H]4COC[C@@H]34)CC2)c2ccccc21)Nc1ccc2c(c1)Cc1ccccc1-2. The fourth-order valence-electron chi connectivity index (χ4n) is 8.31. The number of anilines is 1. The summed E-state index contributed by atoms with van der Waals surface area (Å²) in [5.74, 6) is 1.77. The number of hydrogen-bond acceptors (Lipinski definition) is 3. The van der Waals surface area contributed by atoms with Crippen molar-refractivity contribution in [3.8, 4) is 11.1 Å². The Morgan fingerprint density at radius 3 is 2.49 bits per heavy atom. The highest BCUT2D eigenvalue weighted by atomic mass is 16.5. The molecule has 0 radical (unpaired) electrons. The van der Waals surface area contributed by atoms with E-state index in [2.05, 4.69) is 70.9 Å². The first-order valence-electron chi connectivity index (χ1n) is 14.6. The summed E-state index contributed by atoms with van der Waals surface area (Å²) >= 11 is 0. The van der Waals surface area contributed by atoms with Gasteiger partial charge in [-0.3, -0.25) is 9.59 Å². The minimum Gasteiger partial charge on any atom is -0.381 e. The molecule has 2 saturated heterocycles. The van der Waals surface area contributed by atoms with Crippen LogP contribution in [0, 0.1) is 17.8 Å². The van der Waals surface area contributed by atoms with Crippen molar-refractivity contribution in [1.29, 1.82) is 0 Å². The maximum absolute atomic E-state index is 13.3. The van der Waals surface area contributed by atoms with E-state index in [0.717, 1.165) is 57.7 Å². The quantitative estimate of drug-likeness (QED) is 0.387. The second kappa shape index (κ2) is 8.79. The third kappa shape index (κ3) is 3.77. The molecule has 2 heterocycles. The van der Waals surface area contributed by atoms with Crippen LogP contribution in [0.2, 0.25) is 0 Å². The van der Waals surface area contributed by atoms with Gasteiger partial charge in [0.2, 0.25) is 11.8 Å². The molecule has 1 spiro atoms. The van der Waals surface area contributed by atoms with Crippen molar-refractivity contribution >= 4 is 17.5 Å². The molecule has 2 unspecified atom stereocenters. The number of amides is 2. The summed E-state index contributed by atoms with van der Waals surface area (Å²) in [4.78, 5) is 28.6. The molecule has 5 aliphatic rings. The summed E-state index contributed by atoms with van der Waals surface area (Å²) in [5.41, 5.74) is 8.90. The lowest BCUT2D eigenvalue weighted by atomic mass is 9.73. The van der Waals surface area contributed by atoms with Crippen LogP contribution in [0.1, 0.15) is 53.9 Å². The first-order chi connectivity index (χ1) is 19.1. The second-order valence-electron chi connectivity index (χ2n) is 12.4. The number of nitrogens with zero attached hydrogens (tertiary/aromatic N) is 1. The Labute approximate surface area is 229 Å². The predicted molar refractivity (Wildman–Crippen MR) is 151 cm³/mol. The van der Waals surface area contributed by atoms with E-state index in [4.69, 9.17) is 4.74 Å². The first kappa shape index (κ1) is 23.4. The Bertz CT molecular complexity index is 1480. The number of hydrogen-bond donors (Lipinski definition) is 1. The number of fused-ring (bicyclic) bond motifs is 6. The minimum atomic E-state index is 0.0696. The van der Waals surface area contributed by atoms with Crippen molar-refractivity contribution < 1.29 is 14.3 Å². The maximum Gasteiger partial charge on any atom is 0.226 e. The van der Waals surface area contributed by atoms with Gasteiger partial charge in [0.15, 0.2) is 0 Å². The molecule has 5 heteroatoms. The van der Waals surface area contributed by atoms with Crippen LogP contribution in [0.15, 0.2) is 66.7 Å². The number of carbonyl (C=O) groups is 2. The Kier molecular flexibility index (Phi) is 5.28. The highest BCUT2D eigenvalue weighted by Gasteiger charge is 2.59. The van der Waals surface area contributed by atoms with Gasteiger partial charge in [-0.1, -0.05) is 54.6 Å². The van der Waals surface area contributed by atoms with E-state index in [-0.39, 0.29) is 23.2 Å². The number of piperidine rings is 1. The van der Waals surface area contributed by atoms with E-state index in [1.807, 2.05) is 6.07 Å². The topological polar surface area (TPSA) is 58.6 Å². The number of nitrogens with one attached hydrogen (secondary N) is 1. The van der Waals surface area contributed by atoms with Gasteiger partial charge in [0.1, 0.15) is 0 Å². The Morgan fingerprint density at radius 2 is 1.64 bits per heavy atom. The van der Waals surface area contributed by atoms with E-state index < -0.39 is 0 Å². The molecule has 1 saturated carbocycles. The fourth-order valence-corrected chi connectivity index (χ4v) is 8.31. The van der Waals surface area contributed by atoms with Crippen molar-refractivity contribution in [1.82, 2.24) is 4.90 Å². The van der Waals surface area contributed by atoms with Gasteiger partial charge in [0, 0.05) is 31.1 Å². The van der Waals surface area contributed by atoms with Crippen LogP contribution >= 0.6 is 0 Å². The zero-order chi connectivity index (χ0) is 26.1. The Balaban J connectivity index is 0.945. The number of rotatable bonds is 4. The molecule has 4 atom stereocenters. The highest BCUT2D eigenvalue weighted by Crippen LogP contribution is 2.55. The Hall–Kier alpha value is -3.44. The largest absolute Gasteiger partial charge is 0.381 e. The summed E-state index contributed by atoms with van der Waals surface area (Å²) < 4.78 is 5.50. The zero-order valence-corrected chi connectivity index (χ0v) is 22.2. The molecule has 0 aromatic heterocycles. The van der Waals surface area contributed by atoms with Gasteiger partial charge in [0.05, 0.1) is 13.2 Å². The van der Waals surface area contributed by atoms with Gasteiger partial charge >= 0.3 is 0 Å². The van der Waals surface area contributed by atoms with Crippen LogP contribution in [-0.4, -0.2) is 43.0 Å². The highest BCUT2D eigenvalue weighted by molar-refractivity contribution is 5.92. The fraction of sp³-hybridized carbons (Fsp3) is 0.412. The molecule has 0 bridgehead atoms. The molecule has 3 aliphatic carbocycles. The van der Waals surface area contributed by atoms with E-state index in [0.29, 0.717) is 24.2 Å². The first-order valence-corrected chi connectivity index (χ1v) is 14.6. The van der Waals surface area contributed by atoms with E-state index in [1.54, 1.807) is 0 Å². The van der Waals surface area contributed by atoms with Crippen molar-refractivity contribution in [3.05, 3.63) is 89.0 Å². The standard InChI is InChI=1S/C34H34N2O3/c37-31(35-24-9-10-26-22(16-24)15-21-5-1-2-6-25(21)26)17-23-18-34(30-8-4-3-7-27(23)30)11-13-36(14-12-34)33(38)32-28-19-39-20-29(28)32/h1-10,16,23,28-29,32H,11-15,17-20H2,(H,35,37)/t23?,28-,29+,32?.